The summed E-state index contributed by atoms with van der Waals surface area (Å²) in [7, 11) is 0. The van der Waals surface area contributed by atoms with Crippen molar-refractivity contribution in [1.82, 2.24) is 0 Å². The maximum absolute atomic E-state index is 8.93. The second-order valence-corrected chi connectivity index (χ2v) is 7.33. The Morgan fingerprint density at radius 3 is 1.89 bits per heavy atom. The van der Waals surface area contributed by atoms with E-state index in [2.05, 4.69) is 32.9 Å². The summed E-state index contributed by atoms with van der Waals surface area (Å²) in [6.45, 7) is 6.62. The zero-order chi connectivity index (χ0) is 14.4. The van der Waals surface area contributed by atoms with Crippen LogP contribution in [0.3, 0.4) is 0 Å². The fraction of sp³-hybridized carbons (Fsp3) is 0.882. The highest BCUT2D eigenvalue weighted by Gasteiger charge is 2.36. The van der Waals surface area contributed by atoms with Gasteiger partial charge < -0.3 is 0 Å². The zero-order valence-electron chi connectivity index (χ0n) is 12.8. The molecule has 0 spiro atoms. The summed E-state index contributed by atoms with van der Waals surface area (Å²) in [6, 6.07) is 4.74. The minimum atomic E-state index is -0.0399. The lowest BCUT2D eigenvalue weighted by atomic mass is 9.65. The van der Waals surface area contributed by atoms with Crippen molar-refractivity contribution in [3.8, 4) is 12.1 Å². The number of nitriles is 2. The molecular formula is C17H28N2. The van der Waals surface area contributed by atoms with E-state index in [9.17, 15) is 0 Å². The lowest BCUT2D eigenvalue weighted by Gasteiger charge is -2.38. The van der Waals surface area contributed by atoms with E-state index in [-0.39, 0.29) is 5.41 Å². The van der Waals surface area contributed by atoms with Crippen molar-refractivity contribution in [3.63, 3.8) is 0 Å². The van der Waals surface area contributed by atoms with E-state index in [4.69, 9.17) is 10.5 Å². The van der Waals surface area contributed by atoms with Gasteiger partial charge in [-0.25, -0.2) is 0 Å². The smallest absolute Gasteiger partial charge is 0.0687 e. The molecule has 0 aromatic rings. The van der Waals surface area contributed by atoms with Gasteiger partial charge in [0.1, 0.15) is 0 Å². The molecule has 0 amide bonds. The van der Waals surface area contributed by atoms with Crippen molar-refractivity contribution < 1.29 is 0 Å². The third-order valence-electron chi connectivity index (χ3n) is 4.51. The molecule has 2 heteroatoms. The van der Waals surface area contributed by atoms with Crippen molar-refractivity contribution in [2.75, 3.05) is 0 Å². The lowest BCUT2D eigenvalue weighted by Crippen LogP contribution is -2.29. The first-order valence-electron chi connectivity index (χ1n) is 7.72. The SMILES string of the molecule is CC1(C)CCCC(C)(C#N)C1.N#CC1CCCCC1. The Kier molecular flexibility index (Phi) is 5.86. The number of rotatable bonds is 0. The van der Waals surface area contributed by atoms with Gasteiger partial charge in [0.05, 0.1) is 17.6 Å². The molecule has 0 radical (unpaired) electrons. The molecule has 2 saturated carbocycles. The molecule has 2 nitrogen and oxygen atoms in total. The van der Waals surface area contributed by atoms with Gasteiger partial charge >= 0.3 is 0 Å². The van der Waals surface area contributed by atoms with E-state index in [1.54, 1.807) is 0 Å². The number of nitrogens with zero attached hydrogens (tertiary/aromatic N) is 2. The first-order valence-corrected chi connectivity index (χ1v) is 7.72. The maximum Gasteiger partial charge on any atom is 0.0687 e. The summed E-state index contributed by atoms with van der Waals surface area (Å²) in [6.07, 6.45) is 10.9. The molecule has 2 aliphatic rings. The Bertz CT molecular complexity index is 352. The van der Waals surface area contributed by atoms with Crippen molar-refractivity contribution in [1.29, 1.82) is 10.5 Å². The largest absolute Gasteiger partial charge is 0.198 e. The fourth-order valence-electron chi connectivity index (χ4n) is 3.52. The lowest BCUT2D eigenvalue weighted by molar-refractivity contribution is 0.145. The van der Waals surface area contributed by atoms with Gasteiger partial charge in [-0.05, 0) is 44.4 Å². The molecule has 0 heterocycles. The van der Waals surface area contributed by atoms with Crippen LogP contribution in [-0.4, -0.2) is 0 Å². The van der Waals surface area contributed by atoms with Crippen LogP contribution in [0.2, 0.25) is 0 Å². The average Bonchev–Trinajstić information content (AvgIpc) is 2.39. The van der Waals surface area contributed by atoms with E-state index in [0.717, 1.165) is 25.7 Å². The summed E-state index contributed by atoms with van der Waals surface area (Å²) in [4.78, 5) is 0. The van der Waals surface area contributed by atoms with Gasteiger partial charge in [-0.1, -0.05) is 39.5 Å². The Balaban J connectivity index is 0.000000200. The van der Waals surface area contributed by atoms with Gasteiger partial charge in [-0.15, -0.1) is 0 Å². The molecule has 0 bridgehead atoms. The molecule has 106 valence electrons. The van der Waals surface area contributed by atoms with Crippen molar-refractivity contribution in [2.45, 2.75) is 78.6 Å². The van der Waals surface area contributed by atoms with Crippen molar-refractivity contribution in [3.05, 3.63) is 0 Å². The average molecular weight is 260 g/mol. The second-order valence-electron chi connectivity index (χ2n) is 7.33. The molecule has 0 aromatic heterocycles. The number of hydrogen-bond acceptors (Lipinski definition) is 2. The molecule has 0 aliphatic heterocycles. The van der Waals surface area contributed by atoms with Crippen LogP contribution in [0.1, 0.15) is 78.6 Å². The van der Waals surface area contributed by atoms with Crippen LogP contribution in [0, 0.1) is 39.4 Å². The van der Waals surface area contributed by atoms with Crippen LogP contribution in [-0.2, 0) is 0 Å². The van der Waals surface area contributed by atoms with Crippen molar-refractivity contribution in [2.24, 2.45) is 16.7 Å². The van der Waals surface area contributed by atoms with Gasteiger partial charge in [-0.2, -0.15) is 10.5 Å². The fourth-order valence-corrected chi connectivity index (χ4v) is 3.52. The highest BCUT2D eigenvalue weighted by Crippen LogP contribution is 2.45. The highest BCUT2D eigenvalue weighted by molar-refractivity contribution is 5.01. The first-order chi connectivity index (χ1) is 8.91. The molecule has 2 rings (SSSR count). The van der Waals surface area contributed by atoms with Gasteiger partial charge in [0.15, 0.2) is 0 Å². The van der Waals surface area contributed by atoms with Crippen LogP contribution in [0.4, 0.5) is 0 Å². The van der Waals surface area contributed by atoms with Crippen LogP contribution in [0.25, 0.3) is 0 Å². The van der Waals surface area contributed by atoms with Gasteiger partial charge in [0.25, 0.3) is 0 Å². The number of hydrogen-bond donors (Lipinski definition) is 0. The molecule has 19 heavy (non-hydrogen) atoms. The van der Waals surface area contributed by atoms with Crippen LogP contribution in [0.5, 0.6) is 0 Å². The quantitative estimate of drug-likeness (QED) is 0.600. The standard InChI is InChI=1S/C10H17N.C7H11N/c1-9(2)5-4-6-10(3,7-9)8-11;8-6-7-4-2-1-3-5-7/h4-7H2,1-3H3;7H,1-5H2. The zero-order valence-corrected chi connectivity index (χ0v) is 12.8. The molecule has 2 aliphatic carbocycles. The summed E-state index contributed by atoms with van der Waals surface area (Å²) in [5, 5.41) is 17.4. The predicted molar refractivity (Wildman–Crippen MR) is 78.2 cm³/mol. The molecule has 1 atom stereocenters. The van der Waals surface area contributed by atoms with E-state index in [0.29, 0.717) is 11.3 Å². The Labute approximate surface area is 118 Å². The maximum atomic E-state index is 8.93. The third kappa shape index (κ3) is 5.65. The van der Waals surface area contributed by atoms with Crippen LogP contribution in [0.15, 0.2) is 0 Å². The summed E-state index contributed by atoms with van der Waals surface area (Å²) >= 11 is 0. The van der Waals surface area contributed by atoms with Crippen LogP contribution < -0.4 is 0 Å². The van der Waals surface area contributed by atoms with Gasteiger partial charge in [0.2, 0.25) is 0 Å². The first kappa shape index (κ1) is 16.0. The van der Waals surface area contributed by atoms with E-state index in [1.165, 1.54) is 32.1 Å². The molecule has 0 saturated heterocycles. The predicted octanol–water partition coefficient (Wildman–Crippen LogP) is 5.21. The monoisotopic (exact) mass is 260 g/mol. The Hall–Kier alpha value is -1.02. The van der Waals surface area contributed by atoms with E-state index in [1.807, 2.05) is 0 Å². The third-order valence-corrected chi connectivity index (χ3v) is 4.51. The Morgan fingerprint density at radius 1 is 0.895 bits per heavy atom. The molecular weight excluding hydrogens is 232 g/mol. The van der Waals surface area contributed by atoms with E-state index >= 15 is 0 Å². The second kappa shape index (κ2) is 6.95. The normalized spacial score (nSPS) is 30.4. The molecule has 0 N–H and O–H groups in total. The molecule has 2 fully saturated rings. The minimum Gasteiger partial charge on any atom is -0.198 e. The minimum absolute atomic E-state index is 0.0399. The van der Waals surface area contributed by atoms with Crippen LogP contribution >= 0.6 is 0 Å². The summed E-state index contributed by atoms with van der Waals surface area (Å²) in [5.41, 5.74) is 0.352. The summed E-state index contributed by atoms with van der Waals surface area (Å²) < 4.78 is 0. The molecule has 1 unspecified atom stereocenters. The molecule has 0 aromatic carbocycles. The van der Waals surface area contributed by atoms with E-state index < -0.39 is 0 Å². The Morgan fingerprint density at radius 2 is 1.53 bits per heavy atom. The topological polar surface area (TPSA) is 47.6 Å². The summed E-state index contributed by atoms with van der Waals surface area (Å²) in [5.74, 6) is 0.392. The van der Waals surface area contributed by atoms with Crippen molar-refractivity contribution >= 4 is 0 Å². The van der Waals surface area contributed by atoms with Gasteiger partial charge in [0, 0.05) is 5.92 Å². The highest BCUT2D eigenvalue weighted by atomic mass is 14.4. The van der Waals surface area contributed by atoms with Gasteiger partial charge in [-0.3, -0.25) is 0 Å².